The first-order valence-corrected chi connectivity index (χ1v) is 9.37. The van der Waals surface area contributed by atoms with E-state index in [1.165, 1.54) is 12.3 Å². The Labute approximate surface area is 164 Å². The number of H-pyrrole nitrogens is 1. The third kappa shape index (κ3) is 5.19. The number of halogens is 1. The lowest BCUT2D eigenvalue weighted by atomic mass is 10.2. The molecule has 0 atom stereocenters. The Balaban J connectivity index is 1.45. The highest BCUT2D eigenvalue weighted by Gasteiger charge is 2.22. The molecule has 2 aromatic rings. The summed E-state index contributed by atoms with van der Waals surface area (Å²) in [5, 5.41) is 0. The van der Waals surface area contributed by atoms with Crippen molar-refractivity contribution in [2.45, 2.75) is 12.8 Å². The van der Waals surface area contributed by atoms with Gasteiger partial charge in [0.2, 0.25) is 5.78 Å². The maximum Gasteiger partial charge on any atom is 0.344 e. The number of rotatable bonds is 7. The predicted molar refractivity (Wildman–Crippen MR) is 101 cm³/mol. The smallest absolute Gasteiger partial charge is 0.344 e. The van der Waals surface area contributed by atoms with Crippen LogP contribution < -0.4 is 4.74 Å². The van der Waals surface area contributed by atoms with Crippen molar-refractivity contribution in [3.05, 3.63) is 52.3 Å². The van der Waals surface area contributed by atoms with Crippen LogP contribution in [-0.2, 0) is 9.53 Å². The van der Waals surface area contributed by atoms with E-state index in [4.69, 9.17) is 9.47 Å². The number of amides is 1. The Morgan fingerprint density at radius 1 is 1.07 bits per heavy atom. The van der Waals surface area contributed by atoms with Crippen LogP contribution in [0.2, 0.25) is 0 Å². The molecule has 27 heavy (non-hydrogen) atoms. The van der Waals surface area contributed by atoms with Crippen LogP contribution in [0.15, 0.2) is 41.0 Å². The van der Waals surface area contributed by atoms with E-state index in [9.17, 15) is 14.4 Å². The summed E-state index contributed by atoms with van der Waals surface area (Å²) in [6.45, 7) is 0.771. The van der Waals surface area contributed by atoms with Crippen LogP contribution in [0.4, 0.5) is 0 Å². The molecule has 1 saturated heterocycles. The molecule has 0 unspecified atom stereocenters. The van der Waals surface area contributed by atoms with Crippen molar-refractivity contribution in [1.82, 2.24) is 9.88 Å². The zero-order valence-corrected chi connectivity index (χ0v) is 16.2. The molecular formula is C19H19BrN2O5. The van der Waals surface area contributed by atoms with Gasteiger partial charge in [0, 0.05) is 29.3 Å². The summed E-state index contributed by atoms with van der Waals surface area (Å²) in [5.74, 6) is -0.623. The maximum atomic E-state index is 12.3. The van der Waals surface area contributed by atoms with Crippen molar-refractivity contribution in [2.24, 2.45) is 0 Å². The molecule has 1 aliphatic heterocycles. The van der Waals surface area contributed by atoms with Crippen molar-refractivity contribution in [3.8, 4) is 5.75 Å². The average molecular weight is 435 g/mol. The lowest BCUT2D eigenvalue weighted by Gasteiger charge is -2.13. The summed E-state index contributed by atoms with van der Waals surface area (Å²) in [6, 6.07) is 8.49. The van der Waals surface area contributed by atoms with Crippen LogP contribution in [0.5, 0.6) is 5.75 Å². The van der Waals surface area contributed by atoms with Crippen molar-refractivity contribution in [2.75, 3.05) is 26.3 Å². The van der Waals surface area contributed by atoms with E-state index in [0.29, 0.717) is 17.0 Å². The summed E-state index contributed by atoms with van der Waals surface area (Å²) in [4.78, 5) is 40.7. The number of carbonyl (C=O) groups is 3. The Kier molecular flexibility index (Phi) is 6.28. The predicted octanol–water partition coefficient (Wildman–Crippen LogP) is 2.82. The minimum atomic E-state index is -0.643. The van der Waals surface area contributed by atoms with Crippen LogP contribution >= 0.6 is 15.9 Å². The molecule has 1 N–H and O–H groups in total. The number of ether oxygens (including phenoxy) is 2. The highest BCUT2D eigenvalue weighted by molar-refractivity contribution is 9.10. The molecule has 1 fully saturated rings. The van der Waals surface area contributed by atoms with Gasteiger partial charge in [-0.2, -0.15) is 0 Å². The molecular weight excluding hydrogens is 416 g/mol. The van der Waals surface area contributed by atoms with Crippen LogP contribution in [0.1, 0.15) is 33.7 Å². The molecule has 1 aromatic carbocycles. The first-order chi connectivity index (χ1) is 13.0. The monoisotopic (exact) mass is 434 g/mol. The first-order valence-electron chi connectivity index (χ1n) is 8.58. The number of aromatic amines is 1. The fourth-order valence-corrected chi connectivity index (χ4v) is 2.98. The van der Waals surface area contributed by atoms with E-state index in [1.54, 1.807) is 29.2 Å². The summed E-state index contributed by atoms with van der Waals surface area (Å²) < 4.78 is 11.1. The zero-order valence-electron chi connectivity index (χ0n) is 14.6. The Morgan fingerprint density at radius 2 is 1.78 bits per heavy atom. The van der Waals surface area contributed by atoms with Crippen LogP contribution in [0.25, 0.3) is 0 Å². The molecule has 7 nitrogen and oxygen atoms in total. The second-order valence-corrected chi connectivity index (χ2v) is 7.04. The summed E-state index contributed by atoms with van der Waals surface area (Å²) in [7, 11) is 0. The van der Waals surface area contributed by atoms with Gasteiger partial charge < -0.3 is 19.4 Å². The second-order valence-electron chi connectivity index (χ2n) is 6.13. The quantitative estimate of drug-likeness (QED) is 0.534. The van der Waals surface area contributed by atoms with Gasteiger partial charge in [0.15, 0.2) is 13.2 Å². The maximum absolute atomic E-state index is 12.3. The van der Waals surface area contributed by atoms with Gasteiger partial charge in [0.25, 0.3) is 5.91 Å². The van der Waals surface area contributed by atoms with Gasteiger partial charge in [0.1, 0.15) is 11.4 Å². The van der Waals surface area contributed by atoms with Crippen molar-refractivity contribution in [3.63, 3.8) is 0 Å². The number of esters is 1. The van der Waals surface area contributed by atoms with Gasteiger partial charge in [-0.15, -0.1) is 0 Å². The largest absolute Gasteiger partial charge is 0.482 e. The SMILES string of the molecule is O=C(COc1ccc(Br)cc1)OCC(=O)c1c[nH]c(C(=O)N2CCCC2)c1. The number of hydrogen-bond acceptors (Lipinski definition) is 5. The van der Waals surface area contributed by atoms with Crippen molar-refractivity contribution in [1.29, 1.82) is 0 Å². The van der Waals surface area contributed by atoms with E-state index < -0.39 is 12.6 Å². The number of carbonyl (C=O) groups excluding carboxylic acids is 3. The van der Waals surface area contributed by atoms with Crippen molar-refractivity contribution < 1.29 is 23.9 Å². The van der Waals surface area contributed by atoms with Gasteiger partial charge in [-0.3, -0.25) is 9.59 Å². The number of nitrogens with zero attached hydrogens (tertiary/aromatic N) is 1. The van der Waals surface area contributed by atoms with Crippen LogP contribution in [0.3, 0.4) is 0 Å². The third-order valence-electron chi connectivity index (χ3n) is 4.16. The molecule has 1 aliphatic rings. The van der Waals surface area contributed by atoms with Gasteiger partial charge in [-0.25, -0.2) is 4.79 Å². The van der Waals surface area contributed by atoms with E-state index in [1.807, 2.05) is 0 Å². The Morgan fingerprint density at radius 3 is 2.48 bits per heavy atom. The molecule has 1 aromatic heterocycles. The highest BCUT2D eigenvalue weighted by atomic mass is 79.9. The Hall–Kier alpha value is -2.61. The molecule has 0 aliphatic carbocycles. The van der Waals surface area contributed by atoms with E-state index in [-0.39, 0.29) is 18.3 Å². The van der Waals surface area contributed by atoms with Gasteiger partial charge in [-0.05, 0) is 43.2 Å². The number of hydrogen-bond donors (Lipinski definition) is 1. The molecule has 2 heterocycles. The topological polar surface area (TPSA) is 88.7 Å². The third-order valence-corrected chi connectivity index (χ3v) is 4.69. The van der Waals surface area contributed by atoms with Crippen LogP contribution in [-0.4, -0.2) is 53.8 Å². The number of benzene rings is 1. The number of likely N-dealkylation sites (tertiary alicyclic amines) is 1. The summed E-state index contributed by atoms with van der Waals surface area (Å²) in [5.41, 5.74) is 0.671. The van der Waals surface area contributed by atoms with E-state index >= 15 is 0 Å². The molecule has 0 bridgehead atoms. The minimum Gasteiger partial charge on any atom is -0.482 e. The average Bonchev–Trinajstić information content (AvgIpc) is 3.37. The van der Waals surface area contributed by atoms with Crippen LogP contribution in [0, 0.1) is 0 Å². The van der Waals surface area contributed by atoms with E-state index in [2.05, 4.69) is 20.9 Å². The molecule has 0 spiro atoms. The lowest BCUT2D eigenvalue weighted by Crippen LogP contribution is -2.27. The Bertz CT molecular complexity index is 825. The van der Waals surface area contributed by atoms with Gasteiger partial charge in [0.05, 0.1) is 0 Å². The molecule has 0 saturated carbocycles. The molecule has 0 radical (unpaired) electrons. The highest BCUT2D eigenvalue weighted by Crippen LogP contribution is 2.16. The number of ketones is 1. The molecule has 1 amide bonds. The second kappa shape index (κ2) is 8.85. The minimum absolute atomic E-state index is 0.119. The molecule has 142 valence electrons. The summed E-state index contributed by atoms with van der Waals surface area (Å²) >= 11 is 3.31. The van der Waals surface area contributed by atoms with Crippen molar-refractivity contribution >= 4 is 33.6 Å². The van der Waals surface area contributed by atoms with Gasteiger partial charge >= 0.3 is 5.97 Å². The number of Topliss-reactive ketones (excluding diaryl/α,β-unsaturated/α-hetero) is 1. The molecule has 8 heteroatoms. The lowest BCUT2D eigenvalue weighted by molar-refractivity contribution is -0.144. The van der Waals surface area contributed by atoms with Gasteiger partial charge in [-0.1, -0.05) is 15.9 Å². The first kappa shape index (κ1) is 19.2. The summed E-state index contributed by atoms with van der Waals surface area (Å²) in [6.07, 6.45) is 3.45. The number of aromatic nitrogens is 1. The standard InChI is InChI=1S/C19H19BrN2O5/c20-14-3-5-15(6-4-14)26-12-18(24)27-11-17(23)13-9-16(21-10-13)19(25)22-7-1-2-8-22/h3-6,9-10,21H,1-2,7-8,11-12H2. The fourth-order valence-electron chi connectivity index (χ4n) is 2.71. The number of nitrogens with one attached hydrogen (secondary N) is 1. The fraction of sp³-hybridized carbons (Fsp3) is 0.316. The zero-order chi connectivity index (χ0) is 19.2. The normalized spacial score (nSPS) is 13.4. The van der Waals surface area contributed by atoms with E-state index in [0.717, 1.165) is 30.4 Å². The molecule has 3 rings (SSSR count).